The Bertz CT molecular complexity index is 438. The molecule has 11 heteroatoms. The molecule has 0 atom stereocenters. The molecule has 0 bridgehead atoms. The number of rotatable bonds is 11. The molecule has 10 nitrogen and oxygen atoms in total. The van der Waals surface area contributed by atoms with Crippen molar-refractivity contribution in [2.45, 2.75) is 19.4 Å². The number of nitrogens with zero attached hydrogens (tertiary/aromatic N) is 2. The standard InChI is InChI=1S/C12H20N2O8.ClH/c1-12(2,11(21)22)14(7-10(19)20)4-3-13(5-8(15)16)6-9(17)18;/h3-7H2,1-2H3,(H,15,16)(H,17,18)(H,19,20)(H,21,22);1H. The predicted octanol–water partition coefficient (Wildman–Crippen LogP) is -0.871. The van der Waals surface area contributed by atoms with Crippen molar-refractivity contribution in [3.63, 3.8) is 0 Å². The van der Waals surface area contributed by atoms with E-state index in [9.17, 15) is 19.2 Å². The molecule has 0 amide bonds. The summed E-state index contributed by atoms with van der Waals surface area (Å²) >= 11 is 0. The van der Waals surface area contributed by atoms with Crippen LogP contribution in [0.1, 0.15) is 13.8 Å². The molecule has 0 aromatic heterocycles. The lowest BCUT2D eigenvalue weighted by Gasteiger charge is -2.35. The molecule has 4 N–H and O–H groups in total. The molecule has 0 unspecified atom stereocenters. The largest absolute Gasteiger partial charge is 0.480 e. The lowest BCUT2D eigenvalue weighted by Crippen LogP contribution is -2.54. The first-order valence-electron chi connectivity index (χ1n) is 6.33. The lowest BCUT2D eigenvalue weighted by molar-refractivity contribution is -0.153. The Balaban J connectivity index is 0. The lowest BCUT2D eigenvalue weighted by atomic mass is 10.0. The molecule has 134 valence electrons. The number of carboxylic acid groups (broad SMARTS) is 4. The second-order valence-corrected chi connectivity index (χ2v) is 5.18. The molecule has 0 aliphatic rings. The number of aliphatic carboxylic acids is 4. The highest BCUT2D eigenvalue weighted by Crippen LogP contribution is 2.14. The molecule has 0 aromatic rings. The normalized spacial score (nSPS) is 11.1. The highest BCUT2D eigenvalue weighted by molar-refractivity contribution is 5.85. The molecule has 23 heavy (non-hydrogen) atoms. The van der Waals surface area contributed by atoms with Gasteiger partial charge in [-0.3, -0.25) is 29.0 Å². The number of carbonyl (C=O) groups is 4. The van der Waals surface area contributed by atoms with Gasteiger partial charge in [-0.15, -0.1) is 12.4 Å². The van der Waals surface area contributed by atoms with Crippen LogP contribution in [0.4, 0.5) is 0 Å². The van der Waals surface area contributed by atoms with Crippen molar-refractivity contribution in [3.05, 3.63) is 0 Å². The number of halogens is 1. The van der Waals surface area contributed by atoms with E-state index in [0.717, 1.165) is 9.80 Å². The fourth-order valence-electron chi connectivity index (χ4n) is 1.71. The van der Waals surface area contributed by atoms with Gasteiger partial charge < -0.3 is 20.4 Å². The van der Waals surface area contributed by atoms with Gasteiger partial charge in [0.2, 0.25) is 0 Å². The maximum absolute atomic E-state index is 11.2. The Morgan fingerprint density at radius 1 is 0.783 bits per heavy atom. The van der Waals surface area contributed by atoms with E-state index in [2.05, 4.69) is 0 Å². The first-order chi connectivity index (χ1) is 9.96. The Morgan fingerprint density at radius 3 is 1.48 bits per heavy atom. The Hall–Kier alpha value is -1.91. The molecule has 0 heterocycles. The topological polar surface area (TPSA) is 156 Å². The van der Waals surface area contributed by atoms with Crippen molar-refractivity contribution >= 4 is 36.3 Å². The van der Waals surface area contributed by atoms with E-state index < -0.39 is 49.1 Å². The SMILES string of the molecule is CC(C)(C(=O)O)N(CCN(CC(=O)O)CC(=O)O)CC(=O)O.Cl. The Labute approximate surface area is 138 Å². The highest BCUT2D eigenvalue weighted by Gasteiger charge is 2.35. The third kappa shape index (κ3) is 8.96. The van der Waals surface area contributed by atoms with Crippen LogP contribution in [0.3, 0.4) is 0 Å². The van der Waals surface area contributed by atoms with Crippen LogP contribution in [0.25, 0.3) is 0 Å². The Kier molecular flexibility index (Phi) is 10.1. The molecule has 0 fully saturated rings. The molecule has 0 spiro atoms. The zero-order chi connectivity index (χ0) is 17.5. The molecule has 0 aliphatic carbocycles. The van der Waals surface area contributed by atoms with Crippen LogP contribution in [0, 0.1) is 0 Å². The van der Waals surface area contributed by atoms with Crippen molar-refractivity contribution in [2.24, 2.45) is 0 Å². The second-order valence-electron chi connectivity index (χ2n) is 5.18. The summed E-state index contributed by atoms with van der Waals surface area (Å²) in [5, 5.41) is 35.4. The van der Waals surface area contributed by atoms with Crippen LogP contribution >= 0.6 is 12.4 Å². The molecule has 0 saturated carbocycles. The van der Waals surface area contributed by atoms with Crippen molar-refractivity contribution in [1.29, 1.82) is 0 Å². The summed E-state index contributed by atoms with van der Waals surface area (Å²) in [4.78, 5) is 45.6. The fourth-order valence-corrected chi connectivity index (χ4v) is 1.71. The minimum absolute atomic E-state index is 0. The summed E-state index contributed by atoms with van der Waals surface area (Å²) in [5.74, 6) is -4.94. The van der Waals surface area contributed by atoms with Gasteiger partial charge in [-0.2, -0.15) is 0 Å². The third-order valence-electron chi connectivity index (χ3n) is 3.04. The minimum Gasteiger partial charge on any atom is -0.480 e. The van der Waals surface area contributed by atoms with Crippen LogP contribution < -0.4 is 0 Å². The number of carboxylic acids is 4. The third-order valence-corrected chi connectivity index (χ3v) is 3.04. The molecule has 0 rings (SSSR count). The summed E-state index contributed by atoms with van der Waals surface area (Å²) in [5.41, 5.74) is -1.49. The van der Waals surface area contributed by atoms with E-state index in [1.807, 2.05) is 0 Å². The maximum Gasteiger partial charge on any atom is 0.323 e. The summed E-state index contributed by atoms with van der Waals surface area (Å²) in [6.45, 7) is 0.789. The molecule has 0 aromatic carbocycles. The van der Waals surface area contributed by atoms with Crippen molar-refractivity contribution in [2.75, 3.05) is 32.7 Å². The van der Waals surface area contributed by atoms with Crippen LogP contribution in [-0.4, -0.2) is 92.4 Å². The van der Waals surface area contributed by atoms with E-state index in [4.69, 9.17) is 20.4 Å². The van der Waals surface area contributed by atoms with E-state index in [0.29, 0.717) is 0 Å². The fraction of sp³-hybridized carbons (Fsp3) is 0.667. The van der Waals surface area contributed by atoms with Crippen molar-refractivity contribution in [1.82, 2.24) is 9.80 Å². The molecule has 0 radical (unpaired) electrons. The van der Waals surface area contributed by atoms with E-state index in [1.54, 1.807) is 0 Å². The molecule has 0 aliphatic heterocycles. The smallest absolute Gasteiger partial charge is 0.323 e. The minimum atomic E-state index is -1.49. The zero-order valence-electron chi connectivity index (χ0n) is 12.8. The first-order valence-corrected chi connectivity index (χ1v) is 6.33. The van der Waals surface area contributed by atoms with Crippen molar-refractivity contribution < 1.29 is 39.6 Å². The van der Waals surface area contributed by atoms with Crippen LogP contribution in [0.15, 0.2) is 0 Å². The quantitative estimate of drug-likeness (QED) is 0.367. The van der Waals surface area contributed by atoms with Gasteiger partial charge in [-0.1, -0.05) is 0 Å². The van der Waals surface area contributed by atoms with Crippen LogP contribution in [0.5, 0.6) is 0 Å². The zero-order valence-corrected chi connectivity index (χ0v) is 13.6. The Morgan fingerprint density at radius 2 is 1.17 bits per heavy atom. The van der Waals surface area contributed by atoms with Gasteiger partial charge in [-0.25, -0.2) is 0 Å². The van der Waals surface area contributed by atoms with E-state index >= 15 is 0 Å². The highest BCUT2D eigenvalue weighted by atomic mass is 35.5. The van der Waals surface area contributed by atoms with E-state index in [1.165, 1.54) is 13.8 Å². The van der Waals surface area contributed by atoms with Gasteiger partial charge in [-0.05, 0) is 13.8 Å². The summed E-state index contributed by atoms with van der Waals surface area (Å²) in [7, 11) is 0. The monoisotopic (exact) mass is 356 g/mol. The molecule has 0 saturated heterocycles. The summed E-state index contributed by atoms with van der Waals surface area (Å²) in [6.07, 6.45) is 0. The van der Waals surface area contributed by atoms with Gasteiger partial charge in [0.1, 0.15) is 5.54 Å². The second kappa shape index (κ2) is 9.98. The van der Waals surface area contributed by atoms with Crippen LogP contribution in [-0.2, 0) is 19.2 Å². The maximum atomic E-state index is 11.2. The molecular formula is C12H21ClN2O8. The van der Waals surface area contributed by atoms with Gasteiger partial charge in [0.15, 0.2) is 0 Å². The van der Waals surface area contributed by atoms with Gasteiger partial charge in [0, 0.05) is 13.1 Å². The summed E-state index contributed by atoms with van der Waals surface area (Å²) in [6, 6.07) is 0. The van der Waals surface area contributed by atoms with Gasteiger partial charge >= 0.3 is 23.9 Å². The predicted molar refractivity (Wildman–Crippen MR) is 79.9 cm³/mol. The first kappa shape index (κ1) is 23.4. The number of hydrogen-bond acceptors (Lipinski definition) is 6. The van der Waals surface area contributed by atoms with Crippen LogP contribution in [0.2, 0.25) is 0 Å². The average Bonchev–Trinajstić information content (AvgIpc) is 2.31. The average molecular weight is 357 g/mol. The van der Waals surface area contributed by atoms with E-state index in [-0.39, 0.29) is 25.5 Å². The van der Waals surface area contributed by atoms with Gasteiger partial charge in [0.05, 0.1) is 19.6 Å². The molecular weight excluding hydrogens is 336 g/mol. The number of hydrogen-bond donors (Lipinski definition) is 4. The van der Waals surface area contributed by atoms with Crippen molar-refractivity contribution in [3.8, 4) is 0 Å². The summed E-state index contributed by atoms with van der Waals surface area (Å²) < 4.78 is 0. The van der Waals surface area contributed by atoms with Gasteiger partial charge in [0.25, 0.3) is 0 Å².